The average molecular weight is 236 g/mol. The van der Waals surface area contributed by atoms with Gasteiger partial charge in [0.15, 0.2) is 0 Å². The first-order chi connectivity index (χ1) is 8.25. The molecule has 0 amide bonds. The van der Waals surface area contributed by atoms with E-state index in [1.165, 1.54) is 12.3 Å². The summed E-state index contributed by atoms with van der Waals surface area (Å²) in [7, 11) is 0. The lowest BCUT2D eigenvalue weighted by atomic mass is 10.1. The molecular formula is C12H16N2O3. The Morgan fingerprint density at radius 1 is 1.59 bits per heavy atom. The molecule has 17 heavy (non-hydrogen) atoms. The van der Waals surface area contributed by atoms with Crippen molar-refractivity contribution in [1.82, 2.24) is 4.98 Å². The zero-order chi connectivity index (χ0) is 12.1. The Kier molecular flexibility index (Phi) is 3.93. The number of anilines is 1. The van der Waals surface area contributed by atoms with Crippen LogP contribution in [-0.4, -0.2) is 30.3 Å². The van der Waals surface area contributed by atoms with Gasteiger partial charge >= 0.3 is 5.97 Å². The van der Waals surface area contributed by atoms with Crippen LogP contribution in [0.4, 0.5) is 5.82 Å². The molecule has 2 heterocycles. The number of nitrogen functional groups attached to an aromatic ring is 1. The number of hydrogen-bond acceptors (Lipinski definition) is 5. The molecule has 0 aromatic carbocycles. The van der Waals surface area contributed by atoms with Crippen molar-refractivity contribution in [3.63, 3.8) is 0 Å². The summed E-state index contributed by atoms with van der Waals surface area (Å²) in [5.41, 5.74) is 5.92. The molecule has 1 unspecified atom stereocenters. The molecule has 1 fully saturated rings. The number of aromatic nitrogens is 1. The highest BCUT2D eigenvalue weighted by molar-refractivity contribution is 5.89. The molecule has 5 nitrogen and oxygen atoms in total. The predicted octanol–water partition coefficient (Wildman–Crippen LogP) is 1.39. The molecule has 0 radical (unpaired) electrons. The van der Waals surface area contributed by atoms with E-state index in [-0.39, 0.29) is 12.1 Å². The van der Waals surface area contributed by atoms with Gasteiger partial charge in [-0.1, -0.05) is 0 Å². The fraction of sp³-hybridized carbons (Fsp3) is 0.500. The van der Waals surface area contributed by atoms with Gasteiger partial charge in [-0.15, -0.1) is 0 Å². The van der Waals surface area contributed by atoms with Crippen LogP contribution in [0.1, 0.15) is 29.6 Å². The van der Waals surface area contributed by atoms with Gasteiger partial charge in [-0.25, -0.2) is 9.78 Å². The van der Waals surface area contributed by atoms with Gasteiger partial charge in [0.05, 0.1) is 11.7 Å². The maximum Gasteiger partial charge on any atom is 0.338 e. The second-order valence-corrected chi connectivity index (χ2v) is 4.06. The maximum absolute atomic E-state index is 11.7. The van der Waals surface area contributed by atoms with Crippen LogP contribution in [0.3, 0.4) is 0 Å². The number of carbonyl (C=O) groups excluding carboxylic acids is 1. The monoisotopic (exact) mass is 236 g/mol. The summed E-state index contributed by atoms with van der Waals surface area (Å²) in [5, 5.41) is 0. The normalized spacial score (nSPS) is 19.9. The molecule has 1 aliphatic rings. The largest absolute Gasteiger partial charge is 0.459 e. The van der Waals surface area contributed by atoms with Gasteiger partial charge in [0.2, 0.25) is 0 Å². The van der Waals surface area contributed by atoms with Crippen molar-refractivity contribution < 1.29 is 14.3 Å². The number of rotatable bonds is 3. The van der Waals surface area contributed by atoms with Gasteiger partial charge in [0, 0.05) is 12.8 Å². The van der Waals surface area contributed by atoms with E-state index in [1.54, 1.807) is 6.07 Å². The summed E-state index contributed by atoms with van der Waals surface area (Å²) in [6.45, 7) is 1.06. The Morgan fingerprint density at radius 2 is 2.47 bits per heavy atom. The number of ether oxygens (including phenoxy) is 2. The topological polar surface area (TPSA) is 74.4 Å². The van der Waals surface area contributed by atoms with E-state index >= 15 is 0 Å². The number of pyridine rings is 1. The van der Waals surface area contributed by atoms with E-state index in [4.69, 9.17) is 15.2 Å². The molecule has 1 aromatic heterocycles. The Balaban J connectivity index is 1.84. The van der Waals surface area contributed by atoms with E-state index in [2.05, 4.69) is 4.98 Å². The van der Waals surface area contributed by atoms with Crippen molar-refractivity contribution in [2.24, 2.45) is 0 Å². The molecule has 92 valence electrons. The molecule has 0 saturated carbocycles. The van der Waals surface area contributed by atoms with Crippen molar-refractivity contribution in [2.75, 3.05) is 18.9 Å². The van der Waals surface area contributed by atoms with Gasteiger partial charge in [0.25, 0.3) is 0 Å². The molecule has 1 aromatic rings. The fourth-order valence-corrected chi connectivity index (χ4v) is 1.77. The highest BCUT2D eigenvalue weighted by Gasteiger charge is 2.16. The third kappa shape index (κ3) is 3.42. The molecule has 0 bridgehead atoms. The van der Waals surface area contributed by atoms with Crippen LogP contribution in [0.2, 0.25) is 0 Å². The molecule has 0 spiro atoms. The van der Waals surface area contributed by atoms with Crippen LogP contribution in [0.25, 0.3) is 0 Å². The Bertz CT molecular complexity index is 389. The molecular weight excluding hydrogens is 220 g/mol. The van der Waals surface area contributed by atoms with Gasteiger partial charge < -0.3 is 15.2 Å². The maximum atomic E-state index is 11.7. The minimum atomic E-state index is -0.381. The summed E-state index contributed by atoms with van der Waals surface area (Å²) in [4.78, 5) is 15.5. The van der Waals surface area contributed by atoms with Gasteiger partial charge in [-0.3, -0.25) is 0 Å². The predicted molar refractivity (Wildman–Crippen MR) is 62.5 cm³/mol. The van der Waals surface area contributed by atoms with E-state index in [1.807, 2.05) is 0 Å². The standard InChI is InChI=1S/C12H16N2O3/c13-11-7-9(4-5-14-11)12(15)17-8-10-3-1-2-6-16-10/h4-5,7,10H,1-3,6,8H2,(H2,13,14). The van der Waals surface area contributed by atoms with Crippen LogP contribution in [-0.2, 0) is 9.47 Å². The number of hydrogen-bond donors (Lipinski definition) is 1. The SMILES string of the molecule is Nc1cc(C(=O)OCC2CCCCO2)ccn1. The minimum Gasteiger partial charge on any atom is -0.459 e. The Labute approximate surface area is 99.9 Å². The van der Waals surface area contributed by atoms with Crippen LogP contribution >= 0.6 is 0 Å². The third-order valence-corrected chi connectivity index (χ3v) is 2.69. The van der Waals surface area contributed by atoms with Gasteiger partial charge in [0.1, 0.15) is 12.4 Å². The Hall–Kier alpha value is -1.62. The van der Waals surface area contributed by atoms with Crippen molar-refractivity contribution in [3.05, 3.63) is 23.9 Å². The van der Waals surface area contributed by atoms with Crippen LogP contribution in [0.5, 0.6) is 0 Å². The summed E-state index contributed by atoms with van der Waals surface area (Å²) >= 11 is 0. The van der Waals surface area contributed by atoms with Crippen LogP contribution < -0.4 is 5.73 Å². The van der Waals surface area contributed by atoms with Crippen molar-refractivity contribution >= 4 is 11.8 Å². The summed E-state index contributed by atoms with van der Waals surface area (Å²) in [6, 6.07) is 3.09. The first-order valence-electron chi connectivity index (χ1n) is 5.76. The number of nitrogens with two attached hydrogens (primary N) is 1. The van der Waals surface area contributed by atoms with E-state index in [0.29, 0.717) is 18.0 Å². The molecule has 1 saturated heterocycles. The van der Waals surface area contributed by atoms with Gasteiger partial charge in [-0.2, -0.15) is 0 Å². The highest BCUT2D eigenvalue weighted by Crippen LogP contribution is 2.13. The summed E-state index contributed by atoms with van der Waals surface area (Å²) < 4.78 is 10.6. The van der Waals surface area contributed by atoms with Crippen LogP contribution in [0, 0.1) is 0 Å². The molecule has 2 rings (SSSR count). The smallest absolute Gasteiger partial charge is 0.338 e. The Morgan fingerprint density at radius 3 is 3.18 bits per heavy atom. The van der Waals surface area contributed by atoms with Crippen molar-refractivity contribution in [3.8, 4) is 0 Å². The van der Waals surface area contributed by atoms with E-state index in [0.717, 1.165) is 25.9 Å². The minimum absolute atomic E-state index is 0.0342. The average Bonchev–Trinajstić information content (AvgIpc) is 2.37. The fourth-order valence-electron chi connectivity index (χ4n) is 1.77. The van der Waals surface area contributed by atoms with Crippen molar-refractivity contribution in [2.45, 2.75) is 25.4 Å². The van der Waals surface area contributed by atoms with Crippen LogP contribution in [0.15, 0.2) is 18.3 Å². The number of esters is 1. The molecule has 0 aliphatic carbocycles. The molecule has 2 N–H and O–H groups in total. The lowest BCUT2D eigenvalue weighted by Gasteiger charge is -2.22. The van der Waals surface area contributed by atoms with Gasteiger partial charge in [-0.05, 0) is 31.4 Å². The lowest BCUT2D eigenvalue weighted by molar-refractivity contribution is -0.0300. The first-order valence-corrected chi connectivity index (χ1v) is 5.76. The molecule has 1 atom stereocenters. The summed E-state index contributed by atoms with van der Waals surface area (Å²) in [6.07, 6.45) is 4.69. The molecule has 5 heteroatoms. The molecule has 1 aliphatic heterocycles. The zero-order valence-corrected chi connectivity index (χ0v) is 9.59. The second kappa shape index (κ2) is 5.63. The van der Waals surface area contributed by atoms with E-state index < -0.39 is 0 Å². The lowest BCUT2D eigenvalue weighted by Crippen LogP contribution is -2.26. The third-order valence-electron chi connectivity index (χ3n) is 2.69. The first kappa shape index (κ1) is 11.9. The van der Waals surface area contributed by atoms with Crippen molar-refractivity contribution in [1.29, 1.82) is 0 Å². The number of carbonyl (C=O) groups is 1. The zero-order valence-electron chi connectivity index (χ0n) is 9.59. The number of nitrogens with zero attached hydrogens (tertiary/aromatic N) is 1. The highest BCUT2D eigenvalue weighted by atomic mass is 16.6. The second-order valence-electron chi connectivity index (χ2n) is 4.06. The van der Waals surface area contributed by atoms with E-state index in [9.17, 15) is 4.79 Å². The quantitative estimate of drug-likeness (QED) is 0.803. The summed E-state index contributed by atoms with van der Waals surface area (Å²) in [5.74, 6) is -0.0679.